The number of pyridine rings is 1. The Kier molecular flexibility index (Phi) is 6.92. The predicted molar refractivity (Wildman–Crippen MR) is 120 cm³/mol. The molecule has 2 aromatic heterocycles. The van der Waals surface area contributed by atoms with Crippen molar-refractivity contribution in [2.75, 3.05) is 17.3 Å². The maximum atomic E-state index is 12.7. The van der Waals surface area contributed by atoms with Crippen LogP contribution < -0.4 is 5.32 Å². The number of aromatic nitrogens is 1. The van der Waals surface area contributed by atoms with Crippen molar-refractivity contribution in [3.63, 3.8) is 0 Å². The first kappa shape index (κ1) is 22.2. The average Bonchev–Trinajstić information content (AvgIpc) is 3.31. The molecule has 3 atom stereocenters. The summed E-state index contributed by atoms with van der Waals surface area (Å²) in [6.45, 7) is 0. The molecule has 2 unspecified atom stereocenters. The Hall–Kier alpha value is -1.99. The first-order chi connectivity index (χ1) is 15.0. The molecule has 12 heteroatoms. The Morgan fingerprint density at radius 1 is 1.35 bits per heavy atom. The van der Waals surface area contributed by atoms with E-state index in [0.29, 0.717) is 21.3 Å². The minimum absolute atomic E-state index is 0.0233. The number of carboxylic acids is 1. The van der Waals surface area contributed by atoms with E-state index in [1.54, 1.807) is 29.8 Å². The Morgan fingerprint density at radius 3 is 2.87 bits per heavy atom. The normalized spacial score (nSPS) is 21.3. The van der Waals surface area contributed by atoms with Gasteiger partial charge in [0.1, 0.15) is 17.1 Å². The average molecular weight is 496 g/mol. The van der Waals surface area contributed by atoms with E-state index < -0.39 is 40.4 Å². The van der Waals surface area contributed by atoms with Crippen LogP contribution in [0.15, 0.2) is 62.4 Å². The second-order valence-corrected chi connectivity index (χ2v) is 11.3. The minimum atomic E-state index is -1.48. The summed E-state index contributed by atoms with van der Waals surface area (Å²) in [5, 5.41) is 14.4. The number of hydrogen-bond acceptors (Lipinski definition) is 8. The molecule has 1 saturated heterocycles. The largest absolute Gasteiger partial charge is 0.610 e. The van der Waals surface area contributed by atoms with E-state index >= 15 is 0 Å². The summed E-state index contributed by atoms with van der Waals surface area (Å²) in [4.78, 5) is 42.3. The highest BCUT2D eigenvalue weighted by Gasteiger charge is 2.54. The summed E-state index contributed by atoms with van der Waals surface area (Å²) in [6, 6.07) is 8.12. The summed E-state index contributed by atoms with van der Waals surface area (Å²) in [5.41, 5.74) is 0.617. The van der Waals surface area contributed by atoms with Crippen molar-refractivity contribution in [1.29, 1.82) is 0 Å². The van der Waals surface area contributed by atoms with Crippen molar-refractivity contribution in [3.8, 4) is 0 Å². The zero-order valence-corrected chi connectivity index (χ0v) is 19.2. The van der Waals surface area contributed by atoms with Crippen LogP contribution in [0.1, 0.15) is 0 Å². The second kappa shape index (κ2) is 9.65. The van der Waals surface area contributed by atoms with Crippen LogP contribution in [0.25, 0.3) is 0 Å². The third-order valence-corrected chi connectivity index (χ3v) is 9.57. The van der Waals surface area contributed by atoms with E-state index in [9.17, 15) is 24.0 Å². The van der Waals surface area contributed by atoms with Crippen molar-refractivity contribution in [1.82, 2.24) is 15.2 Å². The first-order valence-corrected chi connectivity index (χ1v) is 13.3. The third-order valence-electron chi connectivity index (χ3n) is 4.58. The van der Waals surface area contributed by atoms with Gasteiger partial charge in [0.05, 0.1) is 5.03 Å². The zero-order chi connectivity index (χ0) is 22.0. The molecule has 2 aromatic rings. The van der Waals surface area contributed by atoms with Crippen molar-refractivity contribution >= 4 is 63.8 Å². The van der Waals surface area contributed by atoms with Gasteiger partial charge in [-0.1, -0.05) is 17.4 Å². The number of thioether (sulfide) groups is 2. The second-order valence-electron chi connectivity index (χ2n) is 6.59. The van der Waals surface area contributed by atoms with Gasteiger partial charge in [0, 0.05) is 34.9 Å². The number of thiophene rings is 1. The Labute approximate surface area is 193 Å². The van der Waals surface area contributed by atoms with Crippen LogP contribution >= 0.6 is 34.9 Å². The van der Waals surface area contributed by atoms with Gasteiger partial charge < -0.3 is 15.0 Å². The van der Waals surface area contributed by atoms with Gasteiger partial charge in [0.25, 0.3) is 11.8 Å². The van der Waals surface area contributed by atoms with Crippen molar-refractivity contribution in [2.24, 2.45) is 0 Å². The summed E-state index contributed by atoms with van der Waals surface area (Å²) in [5.74, 6) is -1.54. The molecule has 4 heterocycles. The SMILES string of the molecule is O=C(C[S+]([O-])c1cccs1)NC1C(=O)N2C(C(=O)O)=C(CSc3ccccn3)CS[C@@H]12. The monoisotopic (exact) mass is 495 g/mol. The summed E-state index contributed by atoms with van der Waals surface area (Å²) in [7, 11) is 0. The predicted octanol–water partition coefficient (Wildman–Crippen LogP) is 1.78. The molecular weight excluding hydrogens is 478 g/mol. The van der Waals surface area contributed by atoms with Crippen LogP contribution in [-0.2, 0) is 25.6 Å². The fourth-order valence-electron chi connectivity index (χ4n) is 3.19. The molecule has 1 fully saturated rings. The molecule has 0 spiro atoms. The molecule has 8 nitrogen and oxygen atoms in total. The minimum Gasteiger partial charge on any atom is -0.610 e. The number of nitrogens with zero attached hydrogens (tertiary/aromatic N) is 2. The van der Waals surface area contributed by atoms with Gasteiger partial charge in [-0.15, -0.1) is 23.5 Å². The van der Waals surface area contributed by atoms with Gasteiger partial charge in [-0.05, 0) is 29.2 Å². The molecule has 0 aromatic carbocycles. The van der Waals surface area contributed by atoms with E-state index in [4.69, 9.17) is 0 Å². The molecule has 2 N–H and O–H groups in total. The number of fused-ring (bicyclic) bond motifs is 1. The standard InChI is InChI=1S/C19H17N3O5S4/c23-12(10-31(27)14-5-3-7-28-14)21-15-17(24)22-16(19(25)26)11(9-30-18(15)22)8-29-13-4-1-2-6-20-13/h1-7,15,18H,8-10H2,(H,21,23)(H,25,26)/t15?,18-,31?/m0/s1. The highest BCUT2D eigenvalue weighted by molar-refractivity contribution is 8.01. The van der Waals surface area contributed by atoms with Gasteiger partial charge in [0.2, 0.25) is 4.21 Å². The van der Waals surface area contributed by atoms with Crippen LogP contribution in [0.4, 0.5) is 0 Å². The van der Waals surface area contributed by atoms with Gasteiger partial charge in [0.15, 0.2) is 5.75 Å². The van der Waals surface area contributed by atoms with Crippen LogP contribution in [0.3, 0.4) is 0 Å². The topological polar surface area (TPSA) is 123 Å². The zero-order valence-electron chi connectivity index (χ0n) is 15.9. The fourth-order valence-corrected chi connectivity index (χ4v) is 7.45. The first-order valence-electron chi connectivity index (χ1n) is 9.11. The molecule has 162 valence electrons. The van der Waals surface area contributed by atoms with Crippen LogP contribution in [0.2, 0.25) is 0 Å². The van der Waals surface area contributed by atoms with Crippen molar-refractivity contribution in [2.45, 2.75) is 20.7 Å². The Balaban J connectivity index is 1.41. The van der Waals surface area contributed by atoms with Gasteiger partial charge in [-0.25, -0.2) is 9.78 Å². The number of carboxylic acid groups (broad SMARTS) is 1. The lowest BCUT2D eigenvalue weighted by molar-refractivity contribution is -0.150. The number of carbonyl (C=O) groups is 3. The van der Waals surface area contributed by atoms with E-state index in [1.165, 1.54) is 39.8 Å². The summed E-state index contributed by atoms with van der Waals surface area (Å²) >= 11 is 2.64. The Morgan fingerprint density at radius 2 is 2.19 bits per heavy atom. The number of β-lactam (4-membered cyclic amide) rings is 1. The van der Waals surface area contributed by atoms with Crippen molar-refractivity contribution in [3.05, 3.63) is 53.2 Å². The molecule has 0 saturated carbocycles. The van der Waals surface area contributed by atoms with Gasteiger partial charge in [-0.2, -0.15) is 0 Å². The number of rotatable bonds is 8. The van der Waals surface area contributed by atoms with E-state index in [-0.39, 0.29) is 11.4 Å². The van der Waals surface area contributed by atoms with E-state index in [1.807, 2.05) is 12.1 Å². The highest BCUT2D eigenvalue weighted by atomic mass is 32.2. The number of aliphatic carboxylic acids is 1. The highest BCUT2D eigenvalue weighted by Crippen LogP contribution is 2.41. The smallest absolute Gasteiger partial charge is 0.352 e. The quantitative estimate of drug-likeness (QED) is 0.323. The van der Waals surface area contributed by atoms with Gasteiger partial charge >= 0.3 is 5.97 Å². The van der Waals surface area contributed by atoms with Crippen molar-refractivity contribution < 1.29 is 24.0 Å². The fraction of sp³-hybridized carbons (Fsp3) is 0.263. The summed E-state index contributed by atoms with van der Waals surface area (Å²) < 4.78 is 12.8. The number of carbonyl (C=O) groups excluding carboxylic acids is 2. The summed E-state index contributed by atoms with van der Waals surface area (Å²) in [6.07, 6.45) is 1.66. The van der Waals surface area contributed by atoms with Crippen LogP contribution in [0.5, 0.6) is 0 Å². The van der Waals surface area contributed by atoms with E-state index in [2.05, 4.69) is 10.3 Å². The number of hydrogen-bond donors (Lipinski definition) is 2. The van der Waals surface area contributed by atoms with Crippen LogP contribution in [-0.4, -0.2) is 66.0 Å². The molecular formula is C19H17N3O5S4. The molecule has 0 bridgehead atoms. The third kappa shape index (κ3) is 4.77. The van der Waals surface area contributed by atoms with Gasteiger partial charge in [-0.3, -0.25) is 14.5 Å². The molecule has 4 rings (SSSR count). The number of amides is 2. The lowest BCUT2D eigenvalue weighted by Gasteiger charge is -2.49. The number of nitrogens with one attached hydrogen (secondary N) is 1. The lowest BCUT2D eigenvalue weighted by atomic mass is 10.0. The van der Waals surface area contributed by atoms with Crippen LogP contribution in [0, 0.1) is 0 Å². The van der Waals surface area contributed by atoms with E-state index in [0.717, 1.165) is 5.03 Å². The molecule has 0 aliphatic carbocycles. The lowest BCUT2D eigenvalue weighted by Crippen LogP contribution is -2.70. The molecule has 2 amide bonds. The Bertz CT molecular complexity index is 1010. The molecule has 2 aliphatic rings. The maximum Gasteiger partial charge on any atom is 0.352 e. The molecule has 0 radical (unpaired) electrons. The maximum absolute atomic E-state index is 12.7. The molecule has 31 heavy (non-hydrogen) atoms. The molecule has 2 aliphatic heterocycles.